The first-order valence-corrected chi connectivity index (χ1v) is 9.09. The van der Waals surface area contributed by atoms with Crippen LogP contribution < -0.4 is 20.1 Å². The minimum atomic E-state index is 0. The summed E-state index contributed by atoms with van der Waals surface area (Å²) in [6, 6.07) is 19.7. The van der Waals surface area contributed by atoms with Crippen molar-refractivity contribution >= 4 is 29.9 Å². The first-order valence-electron chi connectivity index (χ1n) is 9.09. The van der Waals surface area contributed by atoms with Gasteiger partial charge in [-0.25, -0.2) is 0 Å². The van der Waals surface area contributed by atoms with Gasteiger partial charge in [-0.3, -0.25) is 4.99 Å². The molecule has 1 aromatic heterocycles. The maximum atomic E-state index is 5.90. The van der Waals surface area contributed by atoms with E-state index in [1.165, 1.54) is 0 Å². The van der Waals surface area contributed by atoms with Crippen molar-refractivity contribution in [3.8, 4) is 11.5 Å². The summed E-state index contributed by atoms with van der Waals surface area (Å²) in [6.45, 7) is 1.67. The van der Waals surface area contributed by atoms with E-state index in [1.54, 1.807) is 20.4 Å². The van der Waals surface area contributed by atoms with Gasteiger partial charge in [0.25, 0.3) is 0 Å². The Morgan fingerprint density at radius 3 is 2.41 bits per heavy atom. The third-order valence-corrected chi connectivity index (χ3v) is 4.16. The van der Waals surface area contributed by atoms with Crippen LogP contribution in [-0.2, 0) is 19.7 Å². The minimum absolute atomic E-state index is 0. The fraction of sp³-hybridized carbons (Fsp3) is 0.227. The fourth-order valence-electron chi connectivity index (χ4n) is 2.67. The monoisotopic (exact) mass is 507 g/mol. The van der Waals surface area contributed by atoms with E-state index in [0.29, 0.717) is 31.4 Å². The molecule has 29 heavy (non-hydrogen) atoms. The Kier molecular flexibility index (Phi) is 9.36. The molecule has 3 aromatic rings. The molecule has 0 aliphatic carbocycles. The maximum absolute atomic E-state index is 5.90. The summed E-state index contributed by atoms with van der Waals surface area (Å²) < 4.78 is 16.7. The normalized spacial score (nSPS) is 10.8. The van der Waals surface area contributed by atoms with Gasteiger partial charge in [0.15, 0.2) is 17.5 Å². The van der Waals surface area contributed by atoms with Crippen molar-refractivity contribution in [2.75, 3.05) is 14.2 Å². The van der Waals surface area contributed by atoms with Crippen LogP contribution in [-0.4, -0.2) is 20.1 Å². The van der Waals surface area contributed by atoms with Crippen LogP contribution in [0.1, 0.15) is 16.9 Å². The number of nitrogens with zero attached hydrogens (tertiary/aromatic N) is 1. The number of hydrogen-bond donors (Lipinski definition) is 2. The molecule has 0 saturated carbocycles. The Morgan fingerprint density at radius 2 is 1.72 bits per heavy atom. The van der Waals surface area contributed by atoms with E-state index >= 15 is 0 Å². The van der Waals surface area contributed by atoms with E-state index in [4.69, 9.17) is 13.9 Å². The van der Waals surface area contributed by atoms with Crippen molar-refractivity contribution in [2.24, 2.45) is 4.99 Å². The second-order valence-electron chi connectivity index (χ2n) is 6.12. The van der Waals surface area contributed by atoms with Crippen LogP contribution in [0.5, 0.6) is 11.5 Å². The maximum Gasteiger partial charge on any atom is 0.191 e. The number of hydrogen-bond acceptors (Lipinski definition) is 4. The lowest BCUT2D eigenvalue weighted by molar-refractivity contribution is 0.284. The highest BCUT2D eigenvalue weighted by Gasteiger charge is 2.07. The molecule has 0 bridgehead atoms. The largest absolute Gasteiger partial charge is 0.493 e. The Bertz CT molecular complexity index is 884. The Hall–Kier alpha value is -2.68. The van der Waals surface area contributed by atoms with E-state index < -0.39 is 0 Å². The van der Waals surface area contributed by atoms with Gasteiger partial charge in [-0.2, -0.15) is 0 Å². The van der Waals surface area contributed by atoms with E-state index in [-0.39, 0.29) is 24.0 Å². The molecule has 6 nitrogen and oxygen atoms in total. The smallest absolute Gasteiger partial charge is 0.191 e. The first kappa shape index (κ1) is 22.6. The second kappa shape index (κ2) is 12.0. The van der Waals surface area contributed by atoms with Crippen molar-refractivity contribution in [3.63, 3.8) is 0 Å². The standard InChI is InChI=1S/C22H25N3O3.HI/c1-23-22(25-15-19-9-6-12-27-19)24-14-18-10-11-20(21(13-18)26-2)28-16-17-7-4-3-5-8-17;/h3-13H,14-16H2,1-2H3,(H2,23,24,25);1H. The number of guanidine groups is 1. The zero-order valence-electron chi connectivity index (χ0n) is 16.6. The molecule has 0 saturated heterocycles. The molecule has 0 unspecified atom stereocenters. The van der Waals surface area contributed by atoms with E-state index in [0.717, 1.165) is 22.6 Å². The number of furan rings is 1. The zero-order chi connectivity index (χ0) is 19.6. The number of benzene rings is 2. The molecule has 1 heterocycles. The van der Waals surface area contributed by atoms with Crippen LogP contribution >= 0.6 is 24.0 Å². The third kappa shape index (κ3) is 7.01. The molecular formula is C22H26IN3O3. The van der Waals surface area contributed by atoms with Crippen molar-refractivity contribution in [2.45, 2.75) is 19.7 Å². The van der Waals surface area contributed by atoms with Crippen molar-refractivity contribution in [1.82, 2.24) is 10.6 Å². The van der Waals surface area contributed by atoms with Gasteiger partial charge in [-0.15, -0.1) is 24.0 Å². The van der Waals surface area contributed by atoms with Gasteiger partial charge in [0.1, 0.15) is 12.4 Å². The zero-order valence-corrected chi connectivity index (χ0v) is 18.9. The highest BCUT2D eigenvalue weighted by molar-refractivity contribution is 14.0. The fourth-order valence-corrected chi connectivity index (χ4v) is 2.67. The molecule has 0 fully saturated rings. The number of ether oxygens (including phenoxy) is 2. The molecule has 0 aliphatic rings. The second-order valence-corrected chi connectivity index (χ2v) is 6.12. The van der Waals surface area contributed by atoms with E-state index in [1.807, 2.05) is 60.7 Å². The molecule has 154 valence electrons. The predicted octanol–water partition coefficient (Wildman–Crippen LogP) is 4.35. The molecule has 0 spiro atoms. The summed E-state index contributed by atoms with van der Waals surface area (Å²) in [4.78, 5) is 4.22. The quantitative estimate of drug-likeness (QED) is 0.270. The van der Waals surface area contributed by atoms with Crippen LogP contribution in [0.3, 0.4) is 0 Å². The highest BCUT2D eigenvalue weighted by Crippen LogP contribution is 2.28. The van der Waals surface area contributed by atoms with Crippen LogP contribution in [0, 0.1) is 0 Å². The molecule has 3 rings (SSSR count). The summed E-state index contributed by atoms with van der Waals surface area (Å²) >= 11 is 0. The number of rotatable bonds is 8. The lowest BCUT2D eigenvalue weighted by Gasteiger charge is -2.14. The average Bonchev–Trinajstić information content (AvgIpc) is 3.27. The summed E-state index contributed by atoms with van der Waals surface area (Å²) in [5.74, 6) is 2.97. The van der Waals surface area contributed by atoms with E-state index in [9.17, 15) is 0 Å². The van der Waals surface area contributed by atoms with Crippen molar-refractivity contribution in [1.29, 1.82) is 0 Å². The highest BCUT2D eigenvalue weighted by atomic mass is 127. The van der Waals surface area contributed by atoms with Crippen LogP contribution in [0.25, 0.3) is 0 Å². The van der Waals surface area contributed by atoms with Crippen molar-refractivity contribution in [3.05, 3.63) is 83.8 Å². The number of aliphatic imine (C=N–C) groups is 1. The van der Waals surface area contributed by atoms with Gasteiger partial charge in [0.2, 0.25) is 0 Å². The van der Waals surface area contributed by atoms with E-state index in [2.05, 4.69) is 15.6 Å². The minimum Gasteiger partial charge on any atom is -0.493 e. The van der Waals surface area contributed by atoms with Gasteiger partial charge in [0.05, 0.1) is 19.9 Å². The van der Waals surface area contributed by atoms with Crippen LogP contribution in [0.4, 0.5) is 0 Å². The third-order valence-electron chi connectivity index (χ3n) is 4.16. The summed E-state index contributed by atoms with van der Waals surface area (Å²) in [5.41, 5.74) is 2.17. The summed E-state index contributed by atoms with van der Waals surface area (Å²) in [5, 5.41) is 6.49. The lowest BCUT2D eigenvalue weighted by Crippen LogP contribution is -2.36. The van der Waals surface area contributed by atoms with Gasteiger partial charge in [-0.05, 0) is 35.4 Å². The van der Waals surface area contributed by atoms with Gasteiger partial charge in [-0.1, -0.05) is 36.4 Å². The van der Waals surface area contributed by atoms with Gasteiger partial charge >= 0.3 is 0 Å². The topological polar surface area (TPSA) is 68.0 Å². The number of methoxy groups -OCH3 is 1. The Morgan fingerprint density at radius 1 is 0.931 bits per heavy atom. The molecule has 7 heteroatoms. The summed E-state index contributed by atoms with van der Waals surface area (Å²) in [6.07, 6.45) is 1.65. The Labute approximate surface area is 188 Å². The molecule has 2 N–H and O–H groups in total. The predicted molar refractivity (Wildman–Crippen MR) is 125 cm³/mol. The molecule has 0 aliphatic heterocycles. The average molecular weight is 507 g/mol. The lowest BCUT2D eigenvalue weighted by atomic mass is 10.2. The van der Waals surface area contributed by atoms with Crippen molar-refractivity contribution < 1.29 is 13.9 Å². The number of halogens is 1. The SMILES string of the molecule is CN=C(NCc1ccc(OCc2ccccc2)c(OC)c1)NCc1ccco1.I. The van der Waals surface area contributed by atoms with Crippen LogP contribution in [0.2, 0.25) is 0 Å². The van der Waals surface area contributed by atoms with Gasteiger partial charge < -0.3 is 24.5 Å². The van der Waals surface area contributed by atoms with Crippen LogP contribution in [0.15, 0.2) is 76.3 Å². The molecule has 0 atom stereocenters. The molecule has 0 radical (unpaired) electrons. The first-order chi connectivity index (χ1) is 13.8. The van der Waals surface area contributed by atoms with Gasteiger partial charge in [0, 0.05) is 13.6 Å². The molecule has 2 aromatic carbocycles. The number of nitrogens with one attached hydrogen (secondary N) is 2. The molecular weight excluding hydrogens is 481 g/mol. The molecule has 0 amide bonds. The summed E-state index contributed by atoms with van der Waals surface area (Å²) in [7, 11) is 3.38. The Balaban J connectivity index is 0.00000300.